The van der Waals surface area contributed by atoms with Crippen LogP contribution >= 0.6 is 0 Å². The second kappa shape index (κ2) is 6.68. The minimum atomic E-state index is -0.553. The van der Waals surface area contributed by atoms with E-state index in [9.17, 15) is 10.1 Å². The highest BCUT2D eigenvalue weighted by Gasteiger charge is 2.23. The van der Waals surface area contributed by atoms with Gasteiger partial charge in [-0.2, -0.15) is 5.10 Å². The Labute approximate surface area is 130 Å². The summed E-state index contributed by atoms with van der Waals surface area (Å²) in [5, 5.41) is 25.5. The number of nitrogens with zero attached hydrogens (tertiary/aromatic N) is 6. The number of ether oxygens (including phenoxy) is 2. The molecule has 11 heteroatoms. The van der Waals surface area contributed by atoms with Crippen molar-refractivity contribution < 1.29 is 14.4 Å². The number of hydrogen-bond acceptors (Lipinski definition) is 9. The maximum atomic E-state index is 11.3. The van der Waals surface area contributed by atoms with Gasteiger partial charge in [0.1, 0.15) is 0 Å². The number of nitrogens with two attached hydrogens (primary N) is 1. The molecule has 0 atom stereocenters. The zero-order valence-electron chi connectivity index (χ0n) is 12.7. The third-order valence-corrected chi connectivity index (χ3v) is 2.62. The summed E-state index contributed by atoms with van der Waals surface area (Å²) in [6.45, 7) is 3.53. The van der Waals surface area contributed by atoms with Gasteiger partial charge in [0.2, 0.25) is 5.75 Å². The number of nitrogen functional groups attached to an aromatic ring is 1. The second-order valence-corrected chi connectivity index (χ2v) is 4.67. The van der Waals surface area contributed by atoms with Crippen LogP contribution in [0.25, 0.3) is 0 Å². The van der Waals surface area contributed by atoms with E-state index in [1.165, 1.54) is 19.4 Å². The fourth-order valence-corrected chi connectivity index (χ4v) is 1.72. The number of nitro groups is 1. The van der Waals surface area contributed by atoms with Crippen molar-refractivity contribution in [3.63, 3.8) is 0 Å². The molecule has 1 aromatic carbocycles. The van der Waals surface area contributed by atoms with Crippen molar-refractivity contribution in [3.05, 3.63) is 27.8 Å². The third-order valence-electron chi connectivity index (χ3n) is 2.62. The van der Waals surface area contributed by atoms with Crippen LogP contribution in [0.5, 0.6) is 11.5 Å². The number of aromatic nitrogens is 4. The lowest BCUT2D eigenvalue weighted by molar-refractivity contribution is -0.386. The van der Waals surface area contributed by atoms with E-state index in [0.717, 1.165) is 4.79 Å². The van der Waals surface area contributed by atoms with Crippen molar-refractivity contribution in [3.8, 4) is 11.5 Å². The predicted molar refractivity (Wildman–Crippen MR) is 80.6 cm³/mol. The van der Waals surface area contributed by atoms with Gasteiger partial charge in [0.15, 0.2) is 5.75 Å². The Hall–Kier alpha value is -3.24. The molecule has 0 aliphatic rings. The fourth-order valence-electron chi connectivity index (χ4n) is 1.72. The molecule has 1 heterocycles. The predicted octanol–water partition coefficient (Wildman–Crippen LogP) is 0.841. The molecule has 0 aliphatic heterocycles. The average molecular weight is 321 g/mol. The SMILES string of the molecule is COc1cc(C=Nn2nnnc2N)cc([N+](=O)[O-])c1OC(C)C. The highest BCUT2D eigenvalue weighted by Crippen LogP contribution is 2.38. The first kappa shape index (κ1) is 16.1. The fraction of sp³-hybridized carbons (Fsp3) is 0.333. The maximum Gasteiger partial charge on any atom is 0.315 e. The number of rotatable bonds is 6. The molecule has 11 nitrogen and oxygen atoms in total. The van der Waals surface area contributed by atoms with Gasteiger partial charge in [-0.05, 0) is 30.3 Å². The second-order valence-electron chi connectivity index (χ2n) is 4.67. The van der Waals surface area contributed by atoms with Crippen molar-refractivity contribution >= 4 is 17.9 Å². The molecule has 2 rings (SSSR count). The normalized spacial score (nSPS) is 11.1. The Bertz CT molecular complexity index is 741. The number of benzene rings is 1. The van der Waals surface area contributed by atoms with Crippen LogP contribution in [0.1, 0.15) is 19.4 Å². The zero-order chi connectivity index (χ0) is 17.0. The molecule has 122 valence electrons. The lowest BCUT2D eigenvalue weighted by Crippen LogP contribution is -2.09. The van der Waals surface area contributed by atoms with Gasteiger partial charge in [0, 0.05) is 11.6 Å². The molecule has 0 spiro atoms. The Morgan fingerprint density at radius 1 is 1.48 bits per heavy atom. The average Bonchev–Trinajstić information content (AvgIpc) is 2.90. The Morgan fingerprint density at radius 2 is 2.22 bits per heavy atom. The van der Waals surface area contributed by atoms with Crippen LogP contribution in [0, 0.1) is 10.1 Å². The Kier molecular flexibility index (Phi) is 4.69. The number of hydrogen-bond donors (Lipinski definition) is 1. The first-order valence-corrected chi connectivity index (χ1v) is 6.53. The molecule has 0 unspecified atom stereocenters. The molecule has 23 heavy (non-hydrogen) atoms. The van der Waals surface area contributed by atoms with Crippen LogP contribution in [0.3, 0.4) is 0 Å². The summed E-state index contributed by atoms with van der Waals surface area (Å²) in [6, 6.07) is 2.86. The molecule has 0 radical (unpaired) electrons. The van der Waals surface area contributed by atoms with Gasteiger partial charge < -0.3 is 15.2 Å². The molecule has 0 saturated carbocycles. The monoisotopic (exact) mass is 321 g/mol. The van der Waals surface area contributed by atoms with Crippen molar-refractivity contribution in [2.75, 3.05) is 12.8 Å². The first-order valence-electron chi connectivity index (χ1n) is 6.53. The van der Waals surface area contributed by atoms with E-state index in [-0.39, 0.29) is 29.2 Å². The highest BCUT2D eigenvalue weighted by atomic mass is 16.6. The maximum absolute atomic E-state index is 11.3. The van der Waals surface area contributed by atoms with Gasteiger partial charge in [0.05, 0.1) is 24.4 Å². The standard InChI is InChI=1S/C12H15N7O4/c1-7(2)23-11-9(19(20)21)4-8(5-10(11)22-3)6-14-18-12(13)15-16-17-18/h4-7H,1-3H3,(H2,13,15,17). The van der Waals surface area contributed by atoms with E-state index in [1.54, 1.807) is 19.9 Å². The third kappa shape index (κ3) is 3.70. The number of anilines is 1. The zero-order valence-corrected chi connectivity index (χ0v) is 12.7. The molecule has 0 aliphatic carbocycles. The summed E-state index contributed by atoms with van der Waals surface area (Å²) in [5.41, 5.74) is 5.65. The summed E-state index contributed by atoms with van der Waals surface area (Å²) < 4.78 is 10.7. The molecule has 1 aromatic heterocycles. The van der Waals surface area contributed by atoms with Crippen LogP contribution in [0.4, 0.5) is 11.6 Å². The molecule has 0 fully saturated rings. The molecule has 0 bridgehead atoms. The molecular formula is C12H15N7O4. The molecule has 2 aromatic rings. The summed E-state index contributed by atoms with van der Waals surface area (Å²) in [6.07, 6.45) is 1.07. The number of tetrazole rings is 1. The van der Waals surface area contributed by atoms with Crippen molar-refractivity contribution in [1.82, 2.24) is 20.3 Å². The van der Waals surface area contributed by atoms with Crippen LogP contribution in [0.15, 0.2) is 17.2 Å². The van der Waals surface area contributed by atoms with Crippen molar-refractivity contribution in [2.24, 2.45) is 5.10 Å². The van der Waals surface area contributed by atoms with Crippen LogP contribution in [-0.4, -0.2) is 44.7 Å². The van der Waals surface area contributed by atoms with Crippen molar-refractivity contribution in [1.29, 1.82) is 0 Å². The van der Waals surface area contributed by atoms with E-state index in [2.05, 4.69) is 20.6 Å². The highest BCUT2D eigenvalue weighted by molar-refractivity contribution is 5.83. The van der Waals surface area contributed by atoms with Crippen LogP contribution in [0.2, 0.25) is 0 Å². The summed E-state index contributed by atoms with van der Waals surface area (Å²) in [7, 11) is 1.40. The number of methoxy groups -OCH3 is 1. The van der Waals surface area contributed by atoms with Gasteiger partial charge in [-0.3, -0.25) is 10.1 Å². The van der Waals surface area contributed by atoms with E-state index in [0.29, 0.717) is 5.56 Å². The molecule has 0 amide bonds. The van der Waals surface area contributed by atoms with E-state index >= 15 is 0 Å². The molecule has 2 N–H and O–H groups in total. The van der Waals surface area contributed by atoms with Gasteiger partial charge in [-0.15, -0.1) is 0 Å². The smallest absolute Gasteiger partial charge is 0.315 e. The topological polar surface area (TPSA) is 144 Å². The Morgan fingerprint density at radius 3 is 2.74 bits per heavy atom. The van der Waals surface area contributed by atoms with Gasteiger partial charge >= 0.3 is 5.69 Å². The molecular weight excluding hydrogens is 306 g/mol. The summed E-state index contributed by atoms with van der Waals surface area (Å²) >= 11 is 0. The summed E-state index contributed by atoms with van der Waals surface area (Å²) in [5.74, 6) is 0.271. The summed E-state index contributed by atoms with van der Waals surface area (Å²) in [4.78, 5) is 11.7. The van der Waals surface area contributed by atoms with Crippen LogP contribution < -0.4 is 15.2 Å². The van der Waals surface area contributed by atoms with E-state index in [4.69, 9.17) is 15.2 Å². The van der Waals surface area contributed by atoms with Gasteiger partial charge in [-0.25, -0.2) is 0 Å². The largest absolute Gasteiger partial charge is 0.493 e. The first-order chi connectivity index (χ1) is 10.9. The van der Waals surface area contributed by atoms with Crippen molar-refractivity contribution in [2.45, 2.75) is 20.0 Å². The molecule has 0 saturated heterocycles. The van der Waals surface area contributed by atoms with Gasteiger partial charge in [-0.1, -0.05) is 9.89 Å². The number of nitro benzene ring substituents is 1. The minimum Gasteiger partial charge on any atom is -0.493 e. The lowest BCUT2D eigenvalue weighted by Gasteiger charge is -2.14. The Balaban J connectivity index is 2.46. The quantitative estimate of drug-likeness (QED) is 0.468. The van der Waals surface area contributed by atoms with Crippen LogP contribution in [-0.2, 0) is 0 Å². The van der Waals surface area contributed by atoms with E-state index in [1.807, 2.05) is 0 Å². The van der Waals surface area contributed by atoms with Gasteiger partial charge in [0.25, 0.3) is 5.95 Å². The minimum absolute atomic E-state index is 0.0116. The van der Waals surface area contributed by atoms with E-state index < -0.39 is 4.92 Å². The lowest BCUT2D eigenvalue weighted by atomic mass is 10.2.